The minimum absolute atomic E-state index is 0.00156. The summed E-state index contributed by atoms with van der Waals surface area (Å²) < 4.78 is 6.19. The molecule has 0 saturated heterocycles. The van der Waals surface area contributed by atoms with Gasteiger partial charge in [0, 0.05) is 11.0 Å². The minimum atomic E-state index is -0.235. The molecule has 0 saturated carbocycles. The average Bonchev–Trinajstić information content (AvgIpc) is 2.16. The Morgan fingerprint density at radius 3 is 1.59 bits per heavy atom. The average molecular weight is 241 g/mol. The van der Waals surface area contributed by atoms with Gasteiger partial charge in [-0.1, -0.05) is 13.8 Å². The van der Waals surface area contributed by atoms with E-state index in [9.17, 15) is 0 Å². The number of rotatable bonds is 5. The van der Waals surface area contributed by atoms with Gasteiger partial charge in [0.1, 0.15) is 5.60 Å². The molecule has 1 N–H and O–H groups in total. The third-order valence-corrected chi connectivity index (χ3v) is 4.81. The fraction of sp³-hybridized carbons (Fsp3) is 0.867. The zero-order valence-electron chi connectivity index (χ0n) is 13.4. The molecule has 0 atom stereocenters. The Labute approximate surface area is 108 Å². The molecule has 0 unspecified atom stereocenters. The molecule has 0 aliphatic carbocycles. The predicted octanol–water partition coefficient (Wildman–Crippen LogP) is 4.12. The fourth-order valence-corrected chi connectivity index (χ4v) is 1.68. The normalized spacial score (nSPS) is 13.5. The molecule has 102 valence electrons. The maximum atomic E-state index is 6.19. The second kappa shape index (κ2) is 5.01. The van der Waals surface area contributed by atoms with Crippen LogP contribution >= 0.6 is 0 Å². The zero-order valence-corrected chi connectivity index (χ0v) is 13.4. The van der Waals surface area contributed by atoms with Gasteiger partial charge in [0.25, 0.3) is 0 Å². The summed E-state index contributed by atoms with van der Waals surface area (Å²) in [6.07, 6.45) is 0. The third-order valence-electron chi connectivity index (χ3n) is 4.81. The van der Waals surface area contributed by atoms with Gasteiger partial charge in [-0.25, -0.2) is 0 Å². The molecule has 0 aromatic carbocycles. The molecule has 0 aliphatic rings. The molecule has 17 heavy (non-hydrogen) atoms. The lowest BCUT2D eigenvalue weighted by atomic mass is 9.64. The largest absolute Gasteiger partial charge is 0.492 e. The lowest BCUT2D eigenvalue weighted by Crippen LogP contribution is -2.60. The highest BCUT2D eigenvalue weighted by molar-refractivity contribution is 5.07. The molecule has 0 bridgehead atoms. The first-order chi connectivity index (χ1) is 7.39. The first kappa shape index (κ1) is 16.5. The first-order valence-corrected chi connectivity index (χ1v) is 6.41. The molecule has 0 aromatic rings. The summed E-state index contributed by atoms with van der Waals surface area (Å²) in [4.78, 5) is 0. The first-order valence-electron chi connectivity index (χ1n) is 6.41. The fourth-order valence-electron chi connectivity index (χ4n) is 1.68. The van der Waals surface area contributed by atoms with E-state index in [-0.39, 0.29) is 16.6 Å². The molecule has 0 heterocycles. The molecule has 2 nitrogen and oxygen atoms in total. The Bertz CT molecular complexity index is 294. The van der Waals surface area contributed by atoms with E-state index in [1.807, 2.05) is 14.0 Å². The number of nitrogens with one attached hydrogen (secondary N) is 1. The predicted molar refractivity (Wildman–Crippen MR) is 76.1 cm³/mol. The standard InChI is InChI=1S/C15H31NO/c1-11(2)12(3)17-15(8,9)13(4,5)14(6,7)16-10/h16H,1-10H3. The highest BCUT2D eigenvalue weighted by Gasteiger charge is 2.49. The Kier molecular flexibility index (Phi) is 4.86. The van der Waals surface area contributed by atoms with Crippen LogP contribution in [0, 0.1) is 5.41 Å². The van der Waals surface area contributed by atoms with Gasteiger partial charge in [-0.2, -0.15) is 0 Å². The molecule has 2 heteroatoms. The molecule has 0 amide bonds. The van der Waals surface area contributed by atoms with Crippen LogP contribution in [0.5, 0.6) is 0 Å². The van der Waals surface area contributed by atoms with E-state index in [4.69, 9.17) is 4.74 Å². The van der Waals surface area contributed by atoms with Gasteiger partial charge >= 0.3 is 0 Å². The van der Waals surface area contributed by atoms with Crippen molar-refractivity contribution >= 4 is 0 Å². The van der Waals surface area contributed by atoms with Crippen LogP contribution in [0.1, 0.15) is 62.3 Å². The Morgan fingerprint density at radius 2 is 1.29 bits per heavy atom. The second-order valence-corrected chi connectivity index (χ2v) is 6.67. The molecular formula is C15H31NO. The van der Waals surface area contributed by atoms with Crippen LogP contribution in [0.2, 0.25) is 0 Å². The summed E-state index contributed by atoms with van der Waals surface area (Å²) in [6, 6.07) is 0. The Balaban J connectivity index is 5.25. The molecule has 0 rings (SSSR count). The summed E-state index contributed by atoms with van der Waals surface area (Å²) in [5, 5.41) is 3.39. The summed E-state index contributed by atoms with van der Waals surface area (Å²) in [6.45, 7) is 19.5. The van der Waals surface area contributed by atoms with Crippen LogP contribution in [0.25, 0.3) is 0 Å². The third kappa shape index (κ3) is 3.25. The van der Waals surface area contributed by atoms with Crippen molar-refractivity contribution in [3.8, 4) is 0 Å². The zero-order chi connectivity index (χ0) is 14.1. The lowest BCUT2D eigenvalue weighted by molar-refractivity contribution is -0.0984. The van der Waals surface area contributed by atoms with Gasteiger partial charge in [0.05, 0.1) is 5.76 Å². The van der Waals surface area contributed by atoms with Crippen molar-refractivity contribution in [2.45, 2.75) is 73.5 Å². The van der Waals surface area contributed by atoms with Crippen LogP contribution in [0.3, 0.4) is 0 Å². The molecular weight excluding hydrogens is 210 g/mol. The van der Waals surface area contributed by atoms with Crippen LogP contribution in [0.4, 0.5) is 0 Å². The molecule has 0 radical (unpaired) electrons. The number of allylic oxidation sites excluding steroid dienone is 2. The van der Waals surface area contributed by atoms with Gasteiger partial charge in [-0.15, -0.1) is 0 Å². The summed E-state index contributed by atoms with van der Waals surface area (Å²) in [7, 11) is 2.01. The van der Waals surface area contributed by atoms with E-state index in [2.05, 4.69) is 60.7 Å². The van der Waals surface area contributed by atoms with Gasteiger partial charge in [-0.3, -0.25) is 0 Å². The van der Waals surface area contributed by atoms with Crippen molar-refractivity contribution in [2.75, 3.05) is 7.05 Å². The van der Waals surface area contributed by atoms with E-state index in [1.54, 1.807) is 0 Å². The van der Waals surface area contributed by atoms with Crippen LogP contribution in [-0.2, 0) is 4.74 Å². The minimum Gasteiger partial charge on any atom is -0.492 e. The summed E-state index contributed by atoms with van der Waals surface area (Å²) in [5.41, 5.74) is 0.987. The van der Waals surface area contributed by atoms with Gasteiger partial charge in [-0.05, 0) is 61.1 Å². The van der Waals surface area contributed by atoms with Gasteiger partial charge < -0.3 is 10.1 Å². The number of ether oxygens (including phenoxy) is 1. The van der Waals surface area contributed by atoms with Crippen LogP contribution in [0.15, 0.2) is 11.3 Å². The monoisotopic (exact) mass is 241 g/mol. The SMILES string of the molecule is CNC(C)(C)C(C)(C)C(C)(C)OC(C)=C(C)C. The van der Waals surface area contributed by atoms with Crippen LogP contribution < -0.4 is 5.32 Å². The van der Waals surface area contributed by atoms with Crippen molar-refractivity contribution in [2.24, 2.45) is 5.41 Å². The van der Waals surface area contributed by atoms with Gasteiger partial charge in [0.15, 0.2) is 0 Å². The van der Waals surface area contributed by atoms with E-state index >= 15 is 0 Å². The maximum Gasteiger partial charge on any atom is 0.110 e. The van der Waals surface area contributed by atoms with Crippen molar-refractivity contribution in [3.05, 3.63) is 11.3 Å². The topological polar surface area (TPSA) is 21.3 Å². The Morgan fingerprint density at radius 1 is 0.882 bits per heavy atom. The molecule has 0 spiro atoms. The summed E-state index contributed by atoms with van der Waals surface area (Å²) in [5.74, 6) is 1.02. The van der Waals surface area contributed by atoms with E-state index in [1.165, 1.54) is 5.57 Å². The molecule has 0 aliphatic heterocycles. The van der Waals surface area contributed by atoms with Crippen molar-refractivity contribution in [1.29, 1.82) is 0 Å². The highest BCUT2D eigenvalue weighted by Crippen LogP contribution is 2.43. The van der Waals surface area contributed by atoms with Crippen molar-refractivity contribution < 1.29 is 4.74 Å². The second-order valence-electron chi connectivity index (χ2n) is 6.67. The van der Waals surface area contributed by atoms with Gasteiger partial charge in [0.2, 0.25) is 0 Å². The molecule has 0 fully saturated rings. The van der Waals surface area contributed by atoms with Crippen LogP contribution in [-0.4, -0.2) is 18.2 Å². The maximum absolute atomic E-state index is 6.19. The van der Waals surface area contributed by atoms with Crippen molar-refractivity contribution in [3.63, 3.8) is 0 Å². The van der Waals surface area contributed by atoms with E-state index in [0.29, 0.717) is 0 Å². The Hall–Kier alpha value is -0.500. The lowest BCUT2D eigenvalue weighted by Gasteiger charge is -2.51. The number of hydrogen-bond acceptors (Lipinski definition) is 2. The van der Waals surface area contributed by atoms with Crippen molar-refractivity contribution in [1.82, 2.24) is 5.32 Å². The summed E-state index contributed by atoms with van der Waals surface area (Å²) >= 11 is 0. The number of hydrogen-bond donors (Lipinski definition) is 1. The van der Waals surface area contributed by atoms with E-state index in [0.717, 1.165) is 5.76 Å². The molecule has 0 aromatic heterocycles. The smallest absolute Gasteiger partial charge is 0.110 e. The van der Waals surface area contributed by atoms with E-state index < -0.39 is 0 Å². The highest BCUT2D eigenvalue weighted by atomic mass is 16.5. The quantitative estimate of drug-likeness (QED) is 0.731.